The van der Waals surface area contributed by atoms with E-state index in [2.05, 4.69) is 4.98 Å². The number of hydrogen-bond donors (Lipinski definition) is 1. The van der Waals surface area contributed by atoms with E-state index in [9.17, 15) is 5.11 Å². The number of nitrogens with zero attached hydrogens (tertiary/aromatic N) is 1. The third-order valence-electron chi connectivity index (χ3n) is 3.56. The number of hydrogen-bond acceptors (Lipinski definition) is 3. The summed E-state index contributed by atoms with van der Waals surface area (Å²) in [5.41, 5.74) is 2.60. The van der Waals surface area contributed by atoms with Crippen LogP contribution in [0.1, 0.15) is 17.4 Å². The zero-order chi connectivity index (χ0) is 14.7. The maximum absolute atomic E-state index is 10.4. The summed E-state index contributed by atoms with van der Waals surface area (Å²) in [6.45, 7) is 0. The zero-order valence-corrected chi connectivity index (χ0v) is 11.9. The Morgan fingerprint density at radius 3 is 2.62 bits per heavy atom. The van der Waals surface area contributed by atoms with E-state index in [1.165, 1.54) is 0 Å². The number of fused-ring (bicyclic) bond motifs is 1. The molecule has 0 saturated heterocycles. The Bertz CT molecular complexity index is 755. The molecule has 1 heterocycles. The number of aromatic nitrogens is 1. The van der Waals surface area contributed by atoms with Gasteiger partial charge in [-0.1, -0.05) is 42.5 Å². The van der Waals surface area contributed by atoms with Gasteiger partial charge in [-0.2, -0.15) is 0 Å². The Kier molecular flexibility index (Phi) is 3.84. The fourth-order valence-corrected chi connectivity index (χ4v) is 2.47. The quantitative estimate of drug-likeness (QED) is 0.794. The molecule has 2 aromatic carbocycles. The minimum Gasteiger partial charge on any atom is -0.496 e. The van der Waals surface area contributed by atoms with Crippen molar-refractivity contribution in [1.29, 1.82) is 0 Å². The highest BCUT2D eigenvalue weighted by Crippen LogP contribution is 2.27. The number of aliphatic hydroxyl groups is 1. The van der Waals surface area contributed by atoms with Crippen LogP contribution in [-0.4, -0.2) is 17.2 Å². The van der Waals surface area contributed by atoms with Gasteiger partial charge in [-0.25, -0.2) is 0 Å². The molecule has 3 aromatic rings. The average Bonchev–Trinajstić information content (AvgIpc) is 2.54. The van der Waals surface area contributed by atoms with Crippen LogP contribution in [0.2, 0.25) is 0 Å². The lowest BCUT2D eigenvalue weighted by Crippen LogP contribution is -2.05. The summed E-state index contributed by atoms with van der Waals surface area (Å²) in [5.74, 6) is 0.700. The fourth-order valence-electron chi connectivity index (χ4n) is 2.47. The summed E-state index contributed by atoms with van der Waals surface area (Å²) in [4.78, 5) is 4.60. The highest BCUT2D eigenvalue weighted by molar-refractivity contribution is 5.78. The molecule has 1 atom stereocenters. The van der Waals surface area contributed by atoms with E-state index in [-0.39, 0.29) is 0 Å². The number of pyridine rings is 1. The molecule has 0 amide bonds. The number of aliphatic hydroxyl groups excluding tert-OH is 1. The lowest BCUT2D eigenvalue weighted by molar-refractivity contribution is 0.173. The smallest absolute Gasteiger partial charge is 0.124 e. The molecule has 3 heteroatoms. The van der Waals surface area contributed by atoms with Crippen LogP contribution in [0.3, 0.4) is 0 Å². The SMILES string of the molecule is COc1ccccc1C(O)Cc1ccc2ccccc2n1. The van der Waals surface area contributed by atoms with Crippen molar-refractivity contribution < 1.29 is 9.84 Å². The standard InChI is InChI=1S/C18H17NO2/c1-21-18-9-5-3-7-15(18)17(20)12-14-11-10-13-6-2-4-8-16(13)19-14/h2-11,17,20H,12H2,1H3. The Morgan fingerprint density at radius 2 is 1.76 bits per heavy atom. The van der Waals surface area contributed by atoms with Crippen molar-refractivity contribution >= 4 is 10.9 Å². The van der Waals surface area contributed by atoms with Crippen LogP contribution in [0.5, 0.6) is 5.75 Å². The number of ether oxygens (including phenoxy) is 1. The van der Waals surface area contributed by atoms with E-state index in [1.807, 2.05) is 60.7 Å². The third-order valence-corrected chi connectivity index (χ3v) is 3.56. The second-order valence-corrected chi connectivity index (χ2v) is 4.96. The molecule has 3 nitrogen and oxygen atoms in total. The molecule has 1 N–H and O–H groups in total. The molecule has 0 spiro atoms. The van der Waals surface area contributed by atoms with Crippen LogP contribution >= 0.6 is 0 Å². The molecular weight excluding hydrogens is 262 g/mol. The Labute approximate surface area is 123 Å². The van der Waals surface area contributed by atoms with Crippen LogP contribution in [0.25, 0.3) is 10.9 Å². The van der Waals surface area contributed by atoms with Crippen molar-refractivity contribution in [2.75, 3.05) is 7.11 Å². The minimum absolute atomic E-state index is 0.463. The third kappa shape index (κ3) is 2.88. The van der Waals surface area contributed by atoms with Gasteiger partial charge in [0.05, 0.1) is 18.7 Å². The number of benzene rings is 2. The van der Waals surface area contributed by atoms with Gasteiger partial charge in [-0.05, 0) is 18.2 Å². The van der Waals surface area contributed by atoms with Crippen LogP contribution in [-0.2, 0) is 6.42 Å². The van der Waals surface area contributed by atoms with E-state index >= 15 is 0 Å². The van der Waals surface area contributed by atoms with Crippen molar-refractivity contribution in [3.05, 3.63) is 71.9 Å². The van der Waals surface area contributed by atoms with Crippen molar-refractivity contribution in [3.63, 3.8) is 0 Å². The van der Waals surface area contributed by atoms with Gasteiger partial charge in [0.2, 0.25) is 0 Å². The molecule has 1 unspecified atom stereocenters. The van der Waals surface area contributed by atoms with Gasteiger partial charge in [-0.3, -0.25) is 4.98 Å². The molecule has 0 aliphatic rings. The van der Waals surface area contributed by atoms with Gasteiger partial charge in [0.1, 0.15) is 5.75 Å². The number of para-hydroxylation sites is 2. The molecule has 0 bridgehead atoms. The van der Waals surface area contributed by atoms with Gasteiger partial charge in [0, 0.05) is 23.1 Å². The molecule has 3 rings (SSSR count). The van der Waals surface area contributed by atoms with E-state index in [0.29, 0.717) is 12.2 Å². The monoisotopic (exact) mass is 279 g/mol. The number of rotatable bonds is 4. The van der Waals surface area contributed by atoms with Crippen molar-refractivity contribution in [1.82, 2.24) is 4.98 Å². The van der Waals surface area contributed by atoms with Crippen LogP contribution in [0.15, 0.2) is 60.7 Å². The zero-order valence-electron chi connectivity index (χ0n) is 11.9. The second-order valence-electron chi connectivity index (χ2n) is 4.96. The normalized spacial score (nSPS) is 12.3. The molecule has 0 fully saturated rings. The second kappa shape index (κ2) is 5.94. The Balaban J connectivity index is 1.87. The molecule has 21 heavy (non-hydrogen) atoms. The van der Waals surface area contributed by atoms with Crippen LogP contribution < -0.4 is 4.74 Å². The van der Waals surface area contributed by atoms with Gasteiger partial charge in [-0.15, -0.1) is 0 Å². The van der Waals surface area contributed by atoms with E-state index in [1.54, 1.807) is 7.11 Å². The summed E-state index contributed by atoms with van der Waals surface area (Å²) in [7, 11) is 1.61. The average molecular weight is 279 g/mol. The number of methoxy groups -OCH3 is 1. The summed E-state index contributed by atoms with van der Waals surface area (Å²) >= 11 is 0. The fraction of sp³-hybridized carbons (Fsp3) is 0.167. The van der Waals surface area contributed by atoms with Crippen molar-refractivity contribution in [2.24, 2.45) is 0 Å². The molecule has 0 aliphatic carbocycles. The van der Waals surface area contributed by atoms with Crippen molar-refractivity contribution in [2.45, 2.75) is 12.5 Å². The van der Waals surface area contributed by atoms with Gasteiger partial charge < -0.3 is 9.84 Å². The Hall–Kier alpha value is -2.39. The first kappa shape index (κ1) is 13.6. The van der Waals surface area contributed by atoms with Gasteiger partial charge in [0.15, 0.2) is 0 Å². The summed E-state index contributed by atoms with van der Waals surface area (Å²) in [6, 6.07) is 19.5. The molecule has 0 saturated carbocycles. The lowest BCUT2D eigenvalue weighted by atomic mass is 10.0. The minimum atomic E-state index is -0.630. The maximum atomic E-state index is 10.4. The first-order chi connectivity index (χ1) is 10.3. The molecule has 0 aliphatic heterocycles. The van der Waals surface area contributed by atoms with Crippen molar-refractivity contribution in [3.8, 4) is 5.75 Å². The topological polar surface area (TPSA) is 42.4 Å². The molecular formula is C18H17NO2. The van der Waals surface area contributed by atoms with Gasteiger partial charge in [0.25, 0.3) is 0 Å². The first-order valence-corrected chi connectivity index (χ1v) is 6.93. The lowest BCUT2D eigenvalue weighted by Gasteiger charge is -2.14. The predicted octanol–water partition coefficient (Wildman–Crippen LogP) is 3.52. The summed E-state index contributed by atoms with van der Waals surface area (Å²) < 4.78 is 5.29. The van der Waals surface area contributed by atoms with E-state index in [0.717, 1.165) is 22.2 Å². The van der Waals surface area contributed by atoms with E-state index in [4.69, 9.17) is 4.74 Å². The molecule has 106 valence electrons. The first-order valence-electron chi connectivity index (χ1n) is 6.93. The van der Waals surface area contributed by atoms with Crippen LogP contribution in [0.4, 0.5) is 0 Å². The van der Waals surface area contributed by atoms with Gasteiger partial charge >= 0.3 is 0 Å². The van der Waals surface area contributed by atoms with Crippen LogP contribution in [0, 0.1) is 0 Å². The molecule has 1 aromatic heterocycles. The van der Waals surface area contributed by atoms with E-state index < -0.39 is 6.10 Å². The highest BCUT2D eigenvalue weighted by Gasteiger charge is 2.14. The summed E-state index contributed by atoms with van der Waals surface area (Å²) in [6.07, 6.45) is -0.166. The molecule has 0 radical (unpaired) electrons. The summed E-state index contributed by atoms with van der Waals surface area (Å²) in [5, 5.41) is 11.5. The maximum Gasteiger partial charge on any atom is 0.124 e. The Morgan fingerprint density at radius 1 is 1.00 bits per heavy atom. The highest BCUT2D eigenvalue weighted by atomic mass is 16.5. The predicted molar refractivity (Wildman–Crippen MR) is 83.4 cm³/mol. The largest absolute Gasteiger partial charge is 0.496 e.